The summed E-state index contributed by atoms with van der Waals surface area (Å²) in [6.45, 7) is 4.93. The quantitative estimate of drug-likeness (QED) is 0.852. The lowest BCUT2D eigenvalue weighted by atomic mass is 10.0. The van der Waals surface area contributed by atoms with Gasteiger partial charge in [0.1, 0.15) is 5.82 Å². The highest BCUT2D eigenvalue weighted by Gasteiger charge is 2.18. The number of benzene rings is 1. The summed E-state index contributed by atoms with van der Waals surface area (Å²) < 4.78 is 16.9. The second-order valence-corrected chi connectivity index (χ2v) is 6.19. The molecule has 21 heavy (non-hydrogen) atoms. The molecule has 0 bridgehead atoms. The topological polar surface area (TPSA) is 29.9 Å². The van der Waals surface area contributed by atoms with E-state index in [-0.39, 0.29) is 11.9 Å². The number of hydrogen-bond acceptors (Lipinski definition) is 2. The summed E-state index contributed by atoms with van der Waals surface area (Å²) >= 11 is 3.42. The fraction of sp³-hybridized carbons (Fsp3) is 0.438. The molecule has 0 amide bonds. The van der Waals surface area contributed by atoms with Crippen molar-refractivity contribution in [3.05, 3.63) is 51.5 Å². The Morgan fingerprint density at radius 2 is 2.14 bits per heavy atom. The predicted molar refractivity (Wildman–Crippen MR) is 86.8 cm³/mol. The van der Waals surface area contributed by atoms with Crippen molar-refractivity contribution in [1.29, 1.82) is 0 Å². The normalized spacial score (nSPS) is 12.6. The van der Waals surface area contributed by atoms with Crippen LogP contribution in [0.2, 0.25) is 0 Å². The monoisotopic (exact) mass is 353 g/mol. The smallest absolute Gasteiger partial charge is 0.128 e. The van der Waals surface area contributed by atoms with Crippen LogP contribution in [-0.2, 0) is 13.5 Å². The van der Waals surface area contributed by atoms with Crippen LogP contribution >= 0.6 is 15.9 Å². The average Bonchev–Trinajstić information content (AvgIpc) is 2.75. The minimum absolute atomic E-state index is 0.0581. The molecule has 2 aromatic rings. The molecule has 0 fully saturated rings. The molecule has 0 radical (unpaired) electrons. The molecule has 1 N–H and O–H groups in total. The van der Waals surface area contributed by atoms with Gasteiger partial charge in [0.15, 0.2) is 0 Å². The summed E-state index contributed by atoms with van der Waals surface area (Å²) in [6.07, 6.45) is 1.72. The molecular formula is C16H21BrFN3. The summed E-state index contributed by atoms with van der Waals surface area (Å²) in [5.74, 6) is -0.175. The third kappa shape index (κ3) is 4.14. The molecule has 1 unspecified atom stereocenters. The van der Waals surface area contributed by atoms with Crippen molar-refractivity contribution in [2.24, 2.45) is 7.05 Å². The van der Waals surface area contributed by atoms with Crippen LogP contribution in [0.1, 0.15) is 36.3 Å². The highest BCUT2D eigenvalue weighted by atomic mass is 79.9. The second kappa shape index (κ2) is 7.18. The third-order valence-corrected chi connectivity index (χ3v) is 3.98. The van der Waals surface area contributed by atoms with Crippen LogP contribution in [0.4, 0.5) is 4.39 Å². The molecule has 114 valence electrons. The van der Waals surface area contributed by atoms with E-state index in [1.165, 1.54) is 6.07 Å². The van der Waals surface area contributed by atoms with Crippen LogP contribution in [-0.4, -0.2) is 16.3 Å². The largest absolute Gasteiger partial charge is 0.310 e. The fourth-order valence-electron chi connectivity index (χ4n) is 2.46. The van der Waals surface area contributed by atoms with E-state index in [0.717, 1.165) is 28.8 Å². The molecule has 0 aliphatic heterocycles. The maximum atomic E-state index is 14.2. The Morgan fingerprint density at radius 3 is 2.76 bits per heavy atom. The number of nitrogens with zero attached hydrogens (tertiary/aromatic N) is 2. The highest BCUT2D eigenvalue weighted by Crippen LogP contribution is 2.25. The molecule has 0 aliphatic carbocycles. The predicted octanol–water partition coefficient (Wildman–Crippen LogP) is 3.91. The molecule has 0 saturated carbocycles. The SMILES string of the molecule is CCCNC(Cc1cc(C)nn1C)c1cc(Br)ccc1F. The summed E-state index contributed by atoms with van der Waals surface area (Å²) in [4.78, 5) is 0. The van der Waals surface area contributed by atoms with Crippen LogP contribution < -0.4 is 5.32 Å². The van der Waals surface area contributed by atoms with Crippen LogP contribution in [0.3, 0.4) is 0 Å². The van der Waals surface area contributed by atoms with Crippen LogP contribution in [0, 0.1) is 12.7 Å². The summed E-state index contributed by atoms with van der Waals surface area (Å²) in [5.41, 5.74) is 2.77. The minimum atomic E-state index is -0.175. The summed E-state index contributed by atoms with van der Waals surface area (Å²) in [7, 11) is 1.93. The van der Waals surface area contributed by atoms with Gasteiger partial charge in [0.25, 0.3) is 0 Å². The van der Waals surface area contributed by atoms with Gasteiger partial charge in [-0.1, -0.05) is 22.9 Å². The van der Waals surface area contributed by atoms with E-state index in [1.807, 2.05) is 24.7 Å². The average molecular weight is 354 g/mol. The van der Waals surface area contributed by atoms with Crippen LogP contribution in [0.25, 0.3) is 0 Å². The van der Waals surface area contributed by atoms with E-state index in [4.69, 9.17) is 0 Å². The van der Waals surface area contributed by atoms with E-state index in [2.05, 4.69) is 39.3 Å². The Balaban J connectivity index is 2.29. The molecule has 0 aliphatic rings. The van der Waals surface area contributed by atoms with Gasteiger partial charge in [-0.3, -0.25) is 4.68 Å². The first kappa shape index (κ1) is 16.2. The minimum Gasteiger partial charge on any atom is -0.310 e. The Morgan fingerprint density at radius 1 is 1.38 bits per heavy atom. The summed E-state index contributed by atoms with van der Waals surface area (Å²) in [6, 6.07) is 7.08. The van der Waals surface area contributed by atoms with Gasteiger partial charge < -0.3 is 5.32 Å². The Bertz CT molecular complexity index is 610. The molecule has 1 atom stereocenters. The van der Waals surface area contributed by atoms with E-state index in [1.54, 1.807) is 6.07 Å². The van der Waals surface area contributed by atoms with E-state index < -0.39 is 0 Å². The lowest BCUT2D eigenvalue weighted by molar-refractivity contribution is 0.485. The maximum Gasteiger partial charge on any atom is 0.128 e. The van der Waals surface area contributed by atoms with Crippen LogP contribution in [0.5, 0.6) is 0 Å². The number of nitrogens with one attached hydrogen (secondary N) is 1. The van der Waals surface area contributed by atoms with Gasteiger partial charge >= 0.3 is 0 Å². The van der Waals surface area contributed by atoms with E-state index >= 15 is 0 Å². The second-order valence-electron chi connectivity index (χ2n) is 5.28. The fourth-order valence-corrected chi connectivity index (χ4v) is 2.84. The van der Waals surface area contributed by atoms with Gasteiger partial charge in [0, 0.05) is 35.2 Å². The molecule has 5 heteroatoms. The number of hydrogen-bond donors (Lipinski definition) is 1. The van der Waals surface area contributed by atoms with Crippen molar-refractivity contribution >= 4 is 15.9 Å². The molecule has 1 aromatic carbocycles. The zero-order chi connectivity index (χ0) is 15.4. The first-order chi connectivity index (χ1) is 10.0. The molecule has 0 saturated heterocycles. The summed E-state index contributed by atoms with van der Waals surface area (Å²) in [5, 5.41) is 7.80. The van der Waals surface area contributed by atoms with Crippen LogP contribution in [0.15, 0.2) is 28.7 Å². The van der Waals surface area contributed by atoms with Gasteiger partial charge in [-0.15, -0.1) is 0 Å². The van der Waals surface area contributed by atoms with Gasteiger partial charge in [-0.25, -0.2) is 4.39 Å². The van der Waals surface area contributed by atoms with Gasteiger partial charge in [0.05, 0.1) is 5.69 Å². The zero-order valence-corrected chi connectivity index (χ0v) is 14.2. The number of aryl methyl sites for hydroxylation is 2. The highest BCUT2D eigenvalue weighted by molar-refractivity contribution is 9.10. The van der Waals surface area contributed by atoms with Crippen molar-refractivity contribution in [1.82, 2.24) is 15.1 Å². The lowest BCUT2D eigenvalue weighted by Crippen LogP contribution is -2.25. The van der Waals surface area contributed by atoms with Crippen molar-refractivity contribution in [3.63, 3.8) is 0 Å². The molecule has 1 aromatic heterocycles. The van der Waals surface area contributed by atoms with E-state index in [9.17, 15) is 4.39 Å². The standard InChI is InChI=1S/C16H21BrFN3/c1-4-7-19-16(10-13-8-11(2)20-21(13)3)14-9-12(17)5-6-15(14)18/h5-6,8-9,16,19H,4,7,10H2,1-3H3. The number of rotatable bonds is 6. The van der Waals surface area contributed by atoms with Gasteiger partial charge in [-0.2, -0.15) is 5.10 Å². The van der Waals surface area contributed by atoms with E-state index in [0.29, 0.717) is 12.0 Å². The molecule has 2 rings (SSSR count). The molecule has 0 spiro atoms. The molecule has 1 heterocycles. The van der Waals surface area contributed by atoms with Crippen molar-refractivity contribution in [3.8, 4) is 0 Å². The van der Waals surface area contributed by atoms with Gasteiger partial charge in [0.2, 0.25) is 0 Å². The van der Waals surface area contributed by atoms with Gasteiger partial charge in [-0.05, 0) is 44.2 Å². The van der Waals surface area contributed by atoms with Crippen molar-refractivity contribution < 1.29 is 4.39 Å². The number of aromatic nitrogens is 2. The Kier molecular flexibility index (Phi) is 5.53. The maximum absolute atomic E-state index is 14.2. The third-order valence-electron chi connectivity index (χ3n) is 3.49. The Labute approximate surface area is 133 Å². The first-order valence-corrected chi connectivity index (χ1v) is 7.98. The Hall–Kier alpha value is -1.20. The van der Waals surface area contributed by atoms with Crippen molar-refractivity contribution in [2.45, 2.75) is 32.7 Å². The molecule has 3 nitrogen and oxygen atoms in total. The number of halogens is 2. The first-order valence-electron chi connectivity index (χ1n) is 7.19. The zero-order valence-electron chi connectivity index (χ0n) is 12.7. The van der Waals surface area contributed by atoms with Crippen molar-refractivity contribution in [2.75, 3.05) is 6.54 Å². The lowest BCUT2D eigenvalue weighted by Gasteiger charge is -2.20. The molecular weight excluding hydrogens is 333 g/mol.